The van der Waals surface area contributed by atoms with Gasteiger partial charge in [0.15, 0.2) is 0 Å². The van der Waals surface area contributed by atoms with Crippen LogP contribution in [0.3, 0.4) is 0 Å². The molecule has 0 aliphatic rings. The van der Waals surface area contributed by atoms with Gasteiger partial charge < -0.3 is 4.89 Å². The summed E-state index contributed by atoms with van der Waals surface area (Å²) < 4.78 is 10.7. The lowest BCUT2D eigenvalue weighted by Gasteiger charge is -2.03. The highest BCUT2D eigenvalue weighted by Crippen LogP contribution is 2.53. The summed E-state index contributed by atoms with van der Waals surface area (Å²) in [6, 6.07) is 0. The molecule has 0 aromatic heterocycles. The largest absolute Gasteiger partial charge is 0.337 e. The van der Waals surface area contributed by atoms with Gasteiger partial charge in [-0.3, -0.25) is 4.57 Å². The SMILES string of the molecule is CCSP(=O)(O)CC. The average Bonchev–Trinajstić information content (AvgIpc) is 1.67. The Morgan fingerprint density at radius 3 is 2.25 bits per heavy atom. The second-order valence-electron chi connectivity index (χ2n) is 1.37. The molecule has 2 nitrogen and oxygen atoms in total. The molecule has 0 heterocycles. The second-order valence-corrected chi connectivity index (χ2v) is 6.60. The predicted octanol–water partition coefficient (Wildman–Crippen LogP) is 1.94. The molecule has 0 rings (SSSR count). The first-order valence-corrected chi connectivity index (χ1v) is 6.02. The molecule has 0 spiro atoms. The lowest BCUT2D eigenvalue weighted by Crippen LogP contribution is -1.77. The number of rotatable bonds is 3. The maximum Gasteiger partial charge on any atom is 0.254 e. The Kier molecular flexibility index (Phi) is 3.78. The molecule has 0 saturated heterocycles. The summed E-state index contributed by atoms with van der Waals surface area (Å²) >= 11 is 1.14. The maximum absolute atomic E-state index is 10.7. The van der Waals surface area contributed by atoms with Crippen LogP contribution in [0.1, 0.15) is 13.8 Å². The molecular formula is C4H11O2PS. The van der Waals surface area contributed by atoms with Crippen molar-refractivity contribution in [1.29, 1.82) is 0 Å². The van der Waals surface area contributed by atoms with Gasteiger partial charge in [-0.25, -0.2) is 0 Å². The van der Waals surface area contributed by atoms with Gasteiger partial charge in [-0.2, -0.15) is 0 Å². The van der Waals surface area contributed by atoms with Crippen molar-refractivity contribution in [2.75, 3.05) is 11.9 Å². The minimum absolute atomic E-state index is 0.380. The highest BCUT2D eigenvalue weighted by Gasteiger charge is 2.12. The van der Waals surface area contributed by atoms with E-state index >= 15 is 0 Å². The van der Waals surface area contributed by atoms with Crippen molar-refractivity contribution in [2.24, 2.45) is 0 Å². The Balaban J connectivity index is 3.55. The zero-order chi connectivity index (χ0) is 6.62. The number of hydrogen-bond acceptors (Lipinski definition) is 2. The molecule has 1 N–H and O–H groups in total. The predicted molar refractivity (Wildman–Crippen MR) is 38.5 cm³/mol. The van der Waals surface area contributed by atoms with Crippen LogP contribution in [0.25, 0.3) is 0 Å². The molecule has 0 aliphatic heterocycles. The molecule has 0 fully saturated rings. The third-order valence-electron chi connectivity index (χ3n) is 0.730. The molecule has 0 saturated carbocycles. The van der Waals surface area contributed by atoms with Gasteiger partial charge in [-0.1, -0.05) is 25.2 Å². The van der Waals surface area contributed by atoms with E-state index in [1.165, 1.54) is 0 Å². The van der Waals surface area contributed by atoms with Crippen molar-refractivity contribution in [3.05, 3.63) is 0 Å². The van der Waals surface area contributed by atoms with E-state index in [0.717, 1.165) is 17.1 Å². The van der Waals surface area contributed by atoms with Crippen LogP contribution in [0.15, 0.2) is 0 Å². The molecular weight excluding hydrogens is 143 g/mol. The van der Waals surface area contributed by atoms with Crippen LogP contribution >= 0.6 is 18.0 Å². The third-order valence-corrected chi connectivity index (χ3v) is 4.95. The summed E-state index contributed by atoms with van der Waals surface area (Å²) in [6.45, 7) is 0.847. The van der Waals surface area contributed by atoms with Gasteiger partial charge in [-0.15, -0.1) is 0 Å². The van der Waals surface area contributed by atoms with E-state index in [9.17, 15) is 4.57 Å². The molecule has 8 heavy (non-hydrogen) atoms. The van der Waals surface area contributed by atoms with Crippen molar-refractivity contribution in [1.82, 2.24) is 0 Å². The van der Waals surface area contributed by atoms with E-state index in [1.54, 1.807) is 6.92 Å². The van der Waals surface area contributed by atoms with E-state index < -0.39 is 6.57 Å². The molecule has 0 aliphatic carbocycles. The summed E-state index contributed by atoms with van der Waals surface area (Å²) in [6.07, 6.45) is 0.380. The standard InChI is InChI=1S/C4H11O2PS/c1-3-7(5,6)8-4-2/h3-4H2,1-2H3,(H,5,6). The zero-order valence-electron chi connectivity index (χ0n) is 5.13. The van der Waals surface area contributed by atoms with Gasteiger partial charge in [0.25, 0.3) is 6.57 Å². The lowest BCUT2D eigenvalue weighted by atomic mass is 11.0. The van der Waals surface area contributed by atoms with Crippen LogP contribution in [0.5, 0.6) is 0 Å². The fourth-order valence-corrected chi connectivity index (χ4v) is 2.64. The van der Waals surface area contributed by atoms with Crippen LogP contribution in [-0.2, 0) is 4.57 Å². The lowest BCUT2D eigenvalue weighted by molar-refractivity contribution is 0.498. The summed E-state index contributed by atoms with van der Waals surface area (Å²) in [5.74, 6) is 0.724. The quantitative estimate of drug-likeness (QED) is 0.631. The van der Waals surface area contributed by atoms with Gasteiger partial charge in [-0.05, 0) is 5.75 Å². The van der Waals surface area contributed by atoms with E-state index in [-0.39, 0.29) is 0 Å². The van der Waals surface area contributed by atoms with Crippen LogP contribution < -0.4 is 0 Å². The van der Waals surface area contributed by atoms with Crippen LogP contribution in [0.4, 0.5) is 0 Å². The number of hydrogen-bond donors (Lipinski definition) is 1. The average molecular weight is 154 g/mol. The normalized spacial score (nSPS) is 17.9. The van der Waals surface area contributed by atoms with E-state index in [0.29, 0.717) is 6.16 Å². The third kappa shape index (κ3) is 3.53. The Bertz CT molecular complexity index is 104. The summed E-state index contributed by atoms with van der Waals surface area (Å²) in [5, 5.41) is 0. The highest BCUT2D eigenvalue weighted by molar-refractivity contribution is 8.56. The molecule has 1 unspecified atom stereocenters. The van der Waals surface area contributed by atoms with Crippen molar-refractivity contribution in [3.8, 4) is 0 Å². The van der Waals surface area contributed by atoms with Crippen LogP contribution in [0, 0.1) is 0 Å². The fraction of sp³-hybridized carbons (Fsp3) is 1.00. The van der Waals surface area contributed by atoms with E-state index in [1.807, 2.05) is 6.92 Å². The molecule has 0 radical (unpaired) electrons. The Labute approximate surface area is 53.9 Å². The van der Waals surface area contributed by atoms with Crippen LogP contribution in [-0.4, -0.2) is 16.8 Å². The first kappa shape index (κ1) is 8.54. The van der Waals surface area contributed by atoms with E-state index in [2.05, 4.69) is 0 Å². The van der Waals surface area contributed by atoms with Crippen molar-refractivity contribution in [2.45, 2.75) is 13.8 Å². The molecule has 50 valence electrons. The Morgan fingerprint density at radius 2 is 2.12 bits per heavy atom. The fourth-order valence-electron chi connectivity index (χ4n) is 0.293. The van der Waals surface area contributed by atoms with Gasteiger partial charge in [0, 0.05) is 6.16 Å². The molecule has 4 heteroatoms. The van der Waals surface area contributed by atoms with Gasteiger partial charge in [0.2, 0.25) is 0 Å². The first-order chi connectivity index (χ1) is 3.62. The van der Waals surface area contributed by atoms with Crippen molar-refractivity contribution >= 4 is 18.0 Å². The van der Waals surface area contributed by atoms with E-state index in [4.69, 9.17) is 4.89 Å². The molecule has 0 amide bonds. The molecule has 0 bridgehead atoms. The first-order valence-electron chi connectivity index (χ1n) is 2.58. The minimum Gasteiger partial charge on any atom is -0.337 e. The Morgan fingerprint density at radius 1 is 1.62 bits per heavy atom. The summed E-state index contributed by atoms with van der Waals surface area (Å²) in [7, 11) is 0. The second kappa shape index (κ2) is 3.54. The molecule has 0 aromatic carbocycles. The summed E-state index contributed by atoms with van der Waals surface area (Å²) in [5.41, 5.74) is 0. The van der Waals surface area contributed by atoms with Crippen molar-refractivity contribution < 1.29 is 9.46 Å². The maximum atomic E-state index is 10.7. The van der Waals surface area contributed by atoms with Crippen molar-refractivity contribution in [3.63, 3.8) is 0 Å². The monoisotopic (exact) mass is 154 g/mol. The van der Waals surface area contributed by atoms with Gasteiger partial charge in [0.1, 0.15) is 0 Å². The molecule has 0 aromatic rings. The summed E-state index contributed by atoms with van der Waals surface area (Å²) in [4.78, 5) is 8.84. The van der Waals surface area contributed by atoms with Gasteiger partial charge in [0.05, 0.1) is 0 Å². The highest BCUT2D eigenvalue weighted by atomic mass is 32.7. The van der Waals surface area contributed by atoms with Gasteiger partial charge >= 0.3 is 0 Å². The van der Waals surface area contributed by atoms with Crippen LogP contribution in [0.2, 0.25) is 0 Å². The Hall–Kier alpha value is 0.540. The molecule has 1 atom stereocenters. The zero-order valence-corrected chi connectivity index (χ0v) is 6.84. The smallest absolute Gasteiger partial charge is 0.254 e. The minimum atomic E-state index is -2.76. The topological polar surface area (TPSA) is 37.3 Å².